The van der Waals surface area contributed by atoms with Crippen molar-refractivity contribution in [2.75, 3.05) is 11.1 Å². The molecule has 0 aliphatic carbocycles. The largest absolute Gasteiger partial charge is 0.399 e. The van der Waals surface area contributed by atoms with E-state index < -0.39 is 0 Å². The van der Waals surface area contributed by atoms with Gasteiger partial charge < -0.3 is 11.1 Å². The third-order valence-electron chi connectivity index (χ3n) is 2.61. The number of carbonyl (C=O) groups is 1. The Morgan fingerprint density at radius 2 is 1.75 bits per heavy atom. The number of nitrogens with one attached hydrogen (secondary N) is 1. The maximum absolute atomic E-state index is 12.2. The summed E-state index contributed by atoms with van der Waals surface area (Å²) >= 11 is 12.8. The van der Waals surface area contributed by atoms with Crippen LogP contribution in [0.25, 0.3) is 0 Å². The molecule has 0 aromatic heterocycles. The molecule has 0 saturated heterocycles. The molecule has 2 aromatic rings. The van der Waals surface area contributed by atoms with Gasteiger partial charge in [-0.25, -0.2) is 0 Å². The summed E-state index contributed by atoms with van der Waals surface area (Å²) in [7, 11) is 0. The second-order valence-corrected chi connectivity index (χ2v) is 6.48. The highest BCUT2D eigenvalue weighted by Crippen LogP contribution is 2.32. The molecule has 2 rings (SSSR count). The van der Waals surface area contributed by atoms with Gasteiger partial charge in [0.2, 0.25) is 0 Å². The molecule has 20 heavy (non-hydrogen) atoms. The number of halogens is 3. The third kappa shape index (κ3) is 3.53. The lowest BCUT2D eigenvalue weighted by Gasteiger charge is -2.11. The van der Waals surface area contributed by atoms with Crippen molar-refractivity contribution in [2.24, 2.45) is 0 Å². The van der Waals surface area contributed by atoms with E-state index in [2.05, 4.69) is 37.2 Å². The van der Waals surface area contributed by atoms with Gasteiger partial charge in [0.15, 0.2) is 0 Å². The van der Waals surface area contributed by atoms with Crippen molar-refractivity contribution in [3.63, 3.8) is 0 Å². The predicted octanol–water partition coefficient (Wildman–Crippen LogP) is 5.01. The molecule has 0 aliphatic rings. The minimum Gasteiger partial charge on any atom is -0.399 e. The first-order chi connectivity index (χ1) is 9.36. The van der Waals surface area contributed by atoms with Crippen LogP contribution in [0.3, 0.4) is 0 Å². The molecule has 0 aliphatic heterocycles. The predicted molar refractivity (Wildman–Crippen MR) is 90.4 cm³/mol. The zero-order chi connectivity index (χ0) is 14.9. The van der Waals surface area contributed by atoms with Gasteiger partial charge in [0.1, 0.15) is 0 Å². The van der Waals surface area contributed by atoms with E-state index in [1.165, 1.54) is 0 Å². The lowest BCUT2D eigenvalue weighted by molar-refractivity contribution is 0.102. The Hall–Kier alpha value is -1.04. The molecule has 0 radical (unpaired) electrons. The first-order valence-corrected chi connectivity index (χ1v) is 7.66. The van der Waals surface area contributed by atoms with Crippen LogP contribution >= 0.6 is 43.5 Å². The van der Waals surface area contributed by atoms with Crippen LogP contribution in [-0.4, -0.2) is 5.91 Å². The molecule has 1 amide bonds. The van der Waals surface area contributed by atoms with Crippen molar-refractivity contribution in [2.45, 2.75) is 6.92 Å². The highest BCUT2D eigenvalue weighted by atomic mass is 79.9. The van der Waals surface area contributed by atoms with E-state index >= 15 is 0 Å². The summed E-state index contributed by atoms with van der Waals surface area (Å²) in [6.07, 6.45) is 0. The summed E-state index contributed by atoms with van der Waals surface area (Å²) in [5.74, 6) is -0.274. The van der Waals surface area contributed by atoms with E-state index in [1.54, 1.807) is 18.2 Å². The summed E-state index contributed by atoms with van der Waals surface area (Å²) in [4.78, 5) is 12.2. The Labute approximate surface area is 138 Å². The Balaban J connectivity index is 2.32. The molecule has 0 heterocycles. The van der Waals surface area contributed by atoms with Gasteiger partial charge in [-0.2, -0.15) is 0 Å². The van der Waals surface area contributed by atoms with E-state index in [4.69, 9.17) is 17.3 Å². The van der Waals surface area contributed by atoms with Crippen LogP contribution < -0.4 is 11.1 Å². The first kappa shape index (κ1) is 15.4. The number of anilines is 2. The summed E-state index contributed by atoms with van der Waals surface area (Å²) < 4.78 is 1.60. The number of benzene rings is 2. The van der Waals surface area contributed by atoms with Crippen molar-refractivity contribution in [3.05, 3.63) is 55.4 Å². The second-order valence-electron chi connectivity index (χ2n) is 4.33. The number of amides is 1. The van der Waals surface area contributed by atoms with Crippen LogP contribution in [0.5, 0.6) is 0 Å². The molecule has 3 N–H and O–H groups in total. The molecule has 0 fully saturated rings. The van der Waals surface area contributed by atoms with Gasteiger partial charge in [-0.15, -0.1) is 0 Å². The summed E-state index contributed by atoms with van der Waals surface area (Å²) in [5.41, 5.74) is 8.29. The second kappa shape index (κ2) is 6.16. The Bertz CT molecular complexity index is 646. The summed E-state index contributed by atoms with van der Waals surface area (Å²) in [5, 5.41) is 3.26. The SMILES string of the molecule is Cc1cc(Br)c(NC(=O)c2cc(N)cc(Cl)c2)c(Br)c1. The monoisotopic (exact) mass is 416 g/mol. The van der Waals surface area contributed by atoms with Gasteiger partial charge in [0.05, 0.1) is 5.69 Å². The van der Waals surface area contributed by atoms with Crippen molar-refractivity contribution in [1.82, 2.24) is 0 Å². The number of nitrogen functional groups attached to an aromatic ring is 1. The fraction of sp³-hybridized carbons (Fsp3) is 0.0714. The number of hydrogen-bond acceptors (Lipinski definition) is 2. The number of nitrogens with two attached hydrogens (primary N) is 1. The van der Waals surface area contributed by atoms with Gasteiger partial charge in [0, 0.05) is 25.2 Å². The molecule has 0 saturated carbocycles. The van der Waals surface area contributed by atoms with E-state index in [0.717, 1.165) is 14.5 Å². The van der Waals surface area contributed by atoms with Crippen LogP contribution in [0.1, 0.15) is 15.9 Å². The van der Waals surface area contributed by atoms with Crippen molar-refractivity contribution < 1.29 is 4.79 Å². The molecule has 104 valence electrons. The zero-order valence-electron chi connectivity index (χ0n) is 10.5. The van der Waals surface area contributed by atoms with Gasteiger partial charge in [-0.1, -0.05) is 11.6 Å². The summed E-state index contributed by atoms with van der Waals surface area (Å²) in [6, 6.07) is 8.59. The van der Waals surface area contributed by atoms with Crippen molar-refractivity contribution in [3.8, 4) is 0 Å². The number of rotatable bonds is 2. The van der Waals surface area contributed by atoms with Gasteiger partial charge in [0.25, 0.3) is 5.91 Å². The quantitative estimate of drug-likeness (QED) is 0.674. The first-order valence-electron chi connectivity index (χ1n) is 5.70. The topological polar surface area (TPSA) is 55.1 Å². The third-order valence-corrected chi connectivity index (χ3v) is 4.08. The Morgan fingerprint density at radius 1 is 1.15 bits per heavy atom. The number of hydrogen-bond donors (Lipinski definition) is 2. The van der Waals surface area contributed by atoms with Crippen LogP contribution in [0.4, 0.5) is 11.4 Å². The minimum atomic E-state index is -0.274. The van der Waals surface area contributed by atoms with E-state index in [-0.39, 0.29) is 5.91 Å². The minimum absolute atomic E-state index is 0.274. The van der Waals surface area contributed by atoms with E-state index in [9.17, 15) is 4.79 Å². The zero-order valence-corrected chi connectivity index (χ0v) is 14.4. The molecular formula is C14H11Br2ClN2O. The fourth-order valence-electron chi connectivity index (χ4n) is 1.75. The molecular weight excluding hydrogens is 407 g/mol. The summed E-state index contributed by atoms with van der Waals surface area (Å²) in [6.45, 7) is 1.97. The maximum Gasteiger partial charge on any atom is 0.255 e. The van der Waals surface area contributed by atoms with Crippen molar-refractivity contribution in [1.29, 1.82) is 0 Å². The molecule has 0 spiro atoms. The lowest BCUT2D eigenvalue weighted by Crippen LogP contribution is -2.13. The van der Waals surface area contributed by atoms with Crippen LogP contribution in [0.15, 0.2) is 39.3 Å². The van der Waals surface area contributed by atoms with E-state index in [0.29, 0.717) is 22.0 Å². The van der Waals surface area contributed by atoms with Crippen LogP contribution in [0, 0.1) is 6.92 Å². The molecule has 0 bridgehead atoms. The maximum atomic E-state index is 12.2. The standard InChI is InChI=1S/C14H11Br2ClN2O/c1-7-2-11(15)13(12(16)3-7)19-14(20)8-4-9(17)6-10(18)5-8/h2-6H,18H2,1H3,(H,19,20). The Morgan fingerprint density at radius 3 is 2.30 bits per heavy atom. The van der Waals surface area contributed by atoms with Gasteiger partial charge in [-0.05, 0) is 74.7 Å². The van der Waals surface area contributed by atoms with Crippen LogP contribution in [0.2, 0.25) is 5.02 Å². The number of aryl methyl sites for hydroxylation is 1. The smallest absolute Gasteiger partial charge is 0.255 e. The molecule has 0 unspecified atom stereocenters. The number of carbonyl (C=O) groups excluding carboxylic acids is 1. The van der Waals surface area contributed by atoms with Gasteiger partial charge >= 0.3 is 0 Å². The highest BCUT2D eigenvalue weighted by Gasteiger charge is 2.12. The van der Waals surface area contributed by atoms with Crippen molar-refractivity contribution >= 4 is 60.7 Å². The molecule has 0 atom stereocenters. The normalized spacial score (nSPS) is 10.4. The van der Waals surface area contributed by atoms with Crippen LogP contribution in [-0.2, 0) is 0 Å². The lowest BCUT2D eigenvalue weighted by atomic mass is 10.1. The average molecular weight is 419 g/mol. The molecule has 2 aromatic carbocycles. The molecule has 3 nitrogen and oxygen atoms in total. The van der Waals surface area contributed by atoms with Gasteiger partial charge in [-0.3, -0.25) is 4.79 Å². The van der Waals surface area contributed by atoms with E-state index in [1.807, 2.05) is 19.1 Å². The fourth-order valence-corrected chi connectivity index (χ4v) is 3.61. The highest BCUT2D eigenvalue weighted by molar-refractivity contribution is 9.11. The molecule has 6 heteroatoms. The Kier molecular flexibility index (Phi) is 4.73. The average Bonchev–Trinajstić information content (AvgIpc) is 2.32.